The van der Waals surface area contributed by atoms with Crippen molar-refractivity contribution in [3.63, 3.8) is 0 Å². The Morgan fingerprint density at radius 2 is 2.18 bits per heavy atom. The molecule has 0 aromatic rings. The van der Waals surface area contributed by atoms with E-state index >= 15 is 0 Å². The van der Waals surface area contributed by atoms with Crippen molar-refractivity contribution in [1.29, 1.82) is 0 Å². The molecule has 0 aromatic carbocycles. The maximum absolute atomic E-state index is 9.60. The SMILES string of the molecule is CC(C)=CCC[C@@H](C)CCN1CCC[C@H](O)C1. The van der Waals surface area contributed by atoms with Crippen LogP contribution in [0.4, 0.5) is 0 Å². The molecule has 0 unspecified atom stereocenters. The van der Waals surface area contributed by atoms with Gasteiger partial charge in [-0.2, -0.15) is 0 Å². The highest BCUT2D eigenvalue weighted by molar-refractivity contribution is 4.92. The molecule has 1 aliphatic rings. The van der Waals surface area contributed by atoms with E-state index in [0.717, 1.165) is 31.8 Å². The van der Waals surface area contributed by atoms with Crippen LogP contribution in [0, 0.1) is 5.92 Å². The van der Waals surface area contributed by atoms with Crippen LogP contribution in [0.15, 0.2) is 11.6 Å². The van der Waals surface area contributed by atoms with Gasteiger partial charge < -0.3 is 10.0 Å². The van der Waals surface area contributed by atoms with Crippen LogP contribution in [0.1, 0.15) is 52.9 Å². The molecule has 0 aliphatic carbocycles. The Morgan fingerprint density at radius 3 is 2.82 bits per heavy atom. The van der Waals surface area contributed by atoms with Crippen LogP contribution in [0.5, 0.6) is 0 Å². The van der Waals surface area contributed by atoms with Crippen molar-refractivity contribution in [3.05, 3.63) is 11.6 Å². The van der Waals surface area contributed by atoms with Crippen LogP contribution in [-0.2, 0) is 0 Å². The first kappa shape index (κ1) is 14.7. The molecule has 1 rings (SSSR count). The molecule has 2 heteroatoms. The van der Waals surface area contributed by atoms with Crippen molar-refractivity contribution in [3.8, 4) is 0 Å². The third-order valence-corrected chi connectivity index (χ3v) is 3.63. The Balaban J connectivity index is 2.10. The van der Waals surface area contributed by atoms with Crippen LogP contribution < -0.4 is 0 Å². The van der Waals surface area contributed by atoms with Crippen LogP contribution in [-0.4, -0.2) is 35.7 Å². The summed E-state index contributed by atoms with van der Waals surface area (Å²) in [5.74, 6) is 0.796. The standard InChI is InChI=1S/C15H29NO/c1-13(2)6-4-7-14(3)9-11-16-10-5-8-15(17)12-16/h6,14-15,17H,4-5,7-12H2,1-3H3/t14-,15+/m1/s1. The number of allylic oxidation sites excluding steroid dienone is 2. The van der Waals surface area contributed by atoms with Gasteiger partial charge in [-0.05, 0) is 65.0 Å². The Labute approximate surface area is 107 Å². The average Bonchev–Trinajstić information content (AvgIpc) is 2.26. The fourth-order valence-corrected chi connectivity index (χ4v) is 2.44. The van der Waals surface area contributed by atoms with Crippen LogP contribution in [0.3, 0.4) is 0 Å². The van der Waals surface area contributed by atoms with E-state index in [1.54, 1.807) is 0 Å². The normalized spacial score (nSPS) is 23.4. The summed E-state index contributed by atoms with van der Waals surface area (Å²) in [6.07, 6.45) is 8.18. The van der Waals surface area contributed by atoms with Gasteiger partial charge in [-0.15, -0.1) is 0 Å². The van der Waals surface area contributed by atoms with Gasteiger partial charge in [-0.1, -0.05) is 18.6 Å². The Hall–Kier alpha value is -0.340. The van der Waals surface area contributed by atoms with Crippen molar-refractivity contribution in [2.24, 2.45) is 5.92 Å². The van der Waals surface area contributed by atoms with Gasteiger partial charge in [-0.25, -0.2) is 0 Å². The van der Waals surface area contributed by atoms with Crippen molar-refractivity contribution in [1.82, 2.24) is 4.90 Å². The van der Waals surface area contributed by atoms with E-state index in [2.05, 4.69) is 31.7 Å². The number of piperidine rings is 1. The molecule has 1 aliphatic heterocycles. The van der Waals surface area contributed by atoms with Crippen molar-refractivity contribution < 1.29 is 5.11 Å². The van der Waals surface area contributed by atoms with Gasteiger partial charge in [0, 0.05) is 6.54 Å². The first-order chi connectivity index (χ1) is 8.08. The van der Waals surface area contributed by atoms with E-state index in [1.165, 1.54) is 31.4 Å². The number of aliphatic hydroxyl groups excluding tert-OH is 1. The Bertz CT molecular complexity index is 233. The molecule has 0 radical (unpaired) electrons. The second kappa shape index (κ2) is 7.88. The van der Waals surface area contributed by atoms with Gasteiger partial charge in [0.2, 0.25) is 0 Å². The van der Waals surface area contributed by atoms with E-state index in [-0.39, 0.29) is 6.10 Å². The summed E-state index contributed by atoms with van der Waals surface area (Å²) >= 11 is 0. The van der Waals surface area contributed by atoms with Gasteiger partial charge in [0.1, 0.15) is 0 Å². The first-order valence-corrected chi connectivity index (χ1v) is 7.11. The lowest BCUT2D eigenvalue weighted by atomic mass is 10.00. The number of hydrogen-bond donors (Lipinski definition) is 1. The summed E-state index contributed by atoms with van der Waals surface area (Å²) < 4.78 is 0. The van der Waals surface area contributed by atoms with Crippen LogP contribution in [0.2, 0.25) is 0 Å². The number of nitrogens with zero attached hydrogens (tertiary/aromatic N) is 1. The van der Waals surface area contributed by atoms with Crippen molar-refractivity contribution in [2.75, 3.05) is 19.6 Å². The highest BCUT2D eigenvalue weighted by Gasteiger charge is 2.17. The quantitative estimate of drug-likeness (QED) is 0.719. The maximum atomic E-state index is 9.60. The van der Waals surface area contributed by atoms with Gasteiger partial charge in [0.05, 0.1) is 6.10 Å². The lowest BCUT2D eigenvalue weighted by Crippen LogP contribution is -2.39. The predicted molar refractivity (Wildman–Crippen MR) is 74.1 cm³/mol. The third-order valence-electron chi connectivity index (χ3n) is 3.63. The zero-order valence-electron chi connectivity index (χ0n) is 11.8. The van der Waals surface area contributed by atoms with E-state index in [4.69, 9.17) is 0 Å². The molecule has 0 saturated carbocycles. The van der Waals surface area contributed by atoms with E-state index in [0.29, 0.717) is 0 Å². The number of rotatable bonds is 6. The smallest absolute Gasteiger partial charge is 0.0667 e. The zero-order chi connectivity index (χ0) is 12.7. The molecule has 1 heterocycles. The van der Waals surface area contributed by atoms with E-state index < -0.39 is 0 Å². The summed E-state index contributed by atoms with van der Waals surface area (Å²) in [4.78, 5) is 2.42. The highest BCUT2D eigenvalue weighted by atomic mass is 16.3. The molecule has 0 aromatic heterocycles. The van der Waals surface area contributed by atoms with Crippen molar-refractivity contribution in [2.45, 2.75) is 59.0 Å². The van der Waals surface area contributed by atoms with Gasteiger partial charge >= 0.3 is 0 Å². The third kappa shape index (κ3) is 6.85. The topological polar surface area (TPSA) is 23.5 Å². The second-order valence-corrected chi connectivity index (χ2v) is 5.85. The number of β-amino-alcohol motifs (C(OH)–C–C–N with tert-alkyl or cyclic N) is 1. The average molecular weight is 239 g/mol. The first-order valence-electron chi connectivity index (χ1n) is 7.11. The van der Waals surface area contributed by atoms with Gasteiger partial charge in [0.15, 0.2) is 0 Å². The molecule has 0 spiro atoms. The van der Waals surface area contributed by atoms with Crippen LogP contribution >= 0.6 is 0 Å². The van der Waals surface area contributed by atoms with Crippen molar-refractivity contribution >= 4 is 0 Å². The fraction of sp³-hybridized carbons (Fsp3) is 0.867. The van der Waals surface area contributed by atoms with Crippen LogP contribution in [0.25, 0.3) is 0 Å². The lowest BCUT2D eigenvalue weighted by Gasteiger charge is -2.30. The minimum absolute atomic E-state index is 0.0790. The van der Waals surface area contributed by atoms with E-state index in [9.17, 15) is 5.11 Å². The zero-order valence-corrected chi connectivity index (χ0v) is 11.8. The second-order valence-electron chi connectivity index (χ2n) is 5.85. The Morgan fingerprint density at radius 1 is 1.41 bits per heavy atom. The number of hydrogen-bond acceptors (Lipinski definition) is 2. The largest absolute Gasteiger partial charge is 0.392 e. The summed E-state index contributed by atoms with van der Waals surface area (Å²) in [6.45, 7) is 9.91. The molecule has 17 heavy (non-hydrogen) atoms. The molecular formula is C15H29NO. The van der Waals surface area contributed by atoms with Gasteiger partial charge in [0.25, 0.3) is 0 Å². The molecule has 1 saturated heterocycles. The van der Waals surface area contributed by atoms with Gasteiger partial charge in [-0.3, -0.25) is 0 Å². The summed E-state index contributed by atoms with van der Waals surface area (Å²) in [5, 5.41) is 9.60. The molecule has 2 atom stereocenters. The minimum atomic E-state index is -0.0790. The molecule has 100 valence electrons. The molecule has 1 fully saturated rings. The summed E-state index contributed by atoms with van der Waals surface area (Å²) in [6, 6.07) is 0. The highest BCUT2D eigenvalue weighted by Crippen LogP contribution is 2.15. The molecule has 1 N–H and O–H groups in total. The number of likely N-dealkylation sites (tertiary alicyclic amines) is 1. The number of aliphatic hydroxyl groups is 1. The Kier molecular flexibility index (Phi) is 6.83. The monoisotopic (exact) mass is 239 g/mol. The van der Waals surface area contributed by atoms with E-state index in [1.807, 2.05) is 0 Å². The molecule has 0 amide bonds. The summed E-state index contributed by atoms with van der Waals surface area (Å²) in [5.41, 5.74) is 1.43. The molecule has 2 nitrogen and oxygen atoms in total. The molecule has 0 bridgehead atoms. The summed E-state index contributed by atoms with van der Waals surface area (Å²) in [7, 11) is 0. The maximum Gasteiger partial charge on any atom is 0.0667 e. The fourth-order valence-electron chi connectivity index (χ4n) is 2.44. The lowest BCUT2D eigenvalue weighted by molar-refractivity contribution is 0.0678. The molecular weight excluding hydrogens is 210 g/mol. The minimum Gasteiger partial charge on any atom is -0.392 e. The predicted octanol–water partition coefficient (Wildman–Crippen LogP) is 3.22.